The normalized spacial score (nSPS) is 20.4. The zero-order valence-electron chi connectivity index (χ0n) is 21.7. The van der Waals surface area contributed by atoms with Crippen molar-refractivity contribution in [1.82, 2.24) is 19.4 Å². The number of fused-ring (bicyclic) bond motifs is 1. The van der Waals surface area contributed by atoms with Crippen LogP contribution in [-0.4, -0.2) is 58.0 Å². The van der Waals surface area contributed by atoms with Crippen molar-refractivity contribution < 1.29 is 13.9 Å². The Labute approximate surface area is 216 Å². The predicted octanol–water partition coefficient (Wildman–Crippen LogP) is 4.94. The molecule has 0 bridgehead atoms. The van der Waals surface area contributed by atoms with E-state index in [1.807, 2.05) is 54.1 Å². The Morgan fingerprint density at radius 3 is 2.62 bits per heavy atom. The molecule has 0 radical (unpaired) electrons. The summed E-state index contributed by atoms with van der Waals surface area (Å²) in [4.78, 5) is 26.7. The van der Waals surface area contributed by atoms with Gasteiger partial charge in [0.05, 0.1) is 24.8 Å². The number of hydrogen-bond donors (Lipinski definition) is 0. The van der Waals surface area contributed by atoms with Gasteiger partial charge in [-0.2, -0.15) is 0 Å². The molecule has 0 N–H and O–H groups in total. The summed E-state index contributed by atoms with van der Waals surface area (Å²) in [6.07, 6.45) is 7.52. The van der Waals surface area contributed by atoms with Gasteiger partial charge in [-0.1, -0.05) is 38.5 Å². The lowest BCUT2D eigenvalue weighted by molar-refractivity contribution is -0.124. The highest BCUT2D eigenvalue weighted by molar-refractivity contribution is 6.14. The predicted molar refractivity (Wildman–Crippen MR) is 142 cm³/mol. The van der Waals surface area contributed by atoms with Crippen molar-refractivity contribution in [3.05, 3.63) is 83.3 Å². The molecule has 0 aliphatic carbocycles. The van der Waals surface area contributed by atoms with Gasteiger partial charge in [0.25, 0.3) is 5.91 Å². The summed E-state index contributed by atoms with van der Waals surface area (Å²) in [7, 11) is 1.63. The van der Waals surface area contributed by atoms with E-state index in [-0.39, 0.29) is 17.1 Å². The second kappa shape index (κ2) is 9.84. The average Bonchev–Trinajstić information content (AvgIpc) is 3.46. The number of ether oxygens (including phenoxy) is 1. The molecule has 1 fully saturated rings. The number of carbonyl (C=O) groups excluding carboxylic acids is 1. The van der Waals surface area contributed by atoms with Gasteiger partial charge in [0, 0.05) is 31.2 Å². The molecule has 3 aromatic rings. The third kappa shape index (κ3) is 4.75. The van der Waals surface area contributed by atoms with E-state index < -0.39 is 0 Å². The molecule has 2 aliphatic heterocycles. The Hall–Kier alpha value is -3.94. The van der Waals surface area contributed by atoms with Gasteiger partial charge < -0.3 is 14.2 Å². The van der Waals surface area contributed by atoms with Crippen LogP contribution in [0.2, 0.25) is 0 Å². The zero-order chi connectivity index (χ0) is 26.2. The Kier molecular flexibility index (Phi) is 6.58. The number of benzene rings is 2. The van der Waals surface area contributed by atoms with Gasteiger partial charge in [0.1, 0.15) is 17.3 Å². The lowest BCUT2D eigenvalue weighted by Crippen LogP contribution is -2.59. The monoisotopic (exact) mass is 501 g/mol. The molecule has 7 nitrogen and oxygen atoms in total. The molecule has 1 amide bonds. The number of halogens is 1. The molecule has 192 valence electrons. The third-order valence-corrected chi connectivity index (χ3v) is 7.08. The van der Waals surface area contributed by atoms with Crippen LogP contribution in [0, 0.1) is 12.7 Å². The summed E-state index contributed by atoms with van der Waals surface area (Å²) in [5, 5.41) is 0. The molecule has 0 spiro atoms. The first-order valence-corrected chi connectivity index (χ1v) is 12.6. The highest BCUT2D eigenvalue weighted by atomic mass is 19.1. The van der Waals surface area contributed by atoms with Gasteiger partial charge >= 0.3 is 0 Å². The zero-order valence-corrected chi connectivity index (χ0v) is 21.7. The smallest absolute Gasteiger partial charge is 0.279 e. The van der Waals surface area contributed by atoms with Crippen LogP contribution < -0.4 is 4.74 Å². The SMILES string of the molecule is CCCCN1CC(C)(c2ccc(F)cc2)CN2C(=O)/C(=C/c3ccc(-n4cnc(C)c4)c(OC)c3)N=C12. The first kappa shape index (κ1) is 24.7. The molecule has 8 heteroatoms. The number of unbranched alkanes of at least 4 members (excludes halogenated alkanes) is 1. The number of aliphatic imine (C=N–C) groups is 1. The molecule has 2 aliphatic rings. The number of nitrogens with zero attached hydrogens (tertiary/aromatic N) is 5. The molecular weight excluding hydrogens is 469 g/mol. The van der Waals surface area contributed by atoms with Crippen LogP contribution in [0.25, 0.3) is 11.8 Å². The Balaban J connectivity index is 1.47. The number of guanidine groups is 1. The summed E-state index contributed by atoms with van der Waals surface area (Å²) in [5.41, 5.74) is 3.67. The van der Waals surface area contributed by atoms with Crippen molar-refractivity contribution in [3.8, 4) is 11.4 Å². The van der Waals surface area contributed by atoms with Gasteiger partial charge in [0.2, 0.25) is 5.96 Å². The van der Waals surface area contributed by atoms with E-state index in [1.165, 1.54) is 12.1 Å². The van der Waals surface area contributed by atoms with Gasteiger partial charge in [-0.05, 0) is 54.8 Å². The van der Waals surface area contributed by atoms with E-state index in [9.17, 15) is 9.18 Å². The molecule has 1 unspecified atom stereocenters. The molecule has 2 aromatic carbocycles. The standard InChI is InChI=1S/C29H32FN5O2/c1-5-6-13-33-17-29(3,22-8-10-23(30)11-9-22)18-35-27(36)24(32-28(33)35)14-21-7-12-25(26(15-21)37-4)34-16-20(2)31-19-34/h7-12,14-16,19H,5-6,13,17-18H2,1-4H3/b24-14-. The fourth-order valence-electron chi connectivity index (χ4n) is 5.08. The number of hydrogen-bond acceptors (Lipinski definition) is 5. The van der Waals surface area contributed by atoms with Crippen LogP contribution in [0.4, 0.5) is 4.39 Å². The topological polar surface area (TPSA) is 63.0 Å². The van der Waals surface area contributed by atoms with E-state index in [4.69, 9.17) is 9.73 Å². The number of rotatable bonds is 7. The van der Waals surface area contributed by atoms with E-state index in [1.54, 1.807) is 18.3 Å². The Morgan fingerprint density at radius 1 is 1.16 bits per heavy atom. The van der Waals surface area contributed by atoms with E-state index in [2.05, 4.69) is 23.7 Å². The summed E-state index contributed by atoms with van der Waals surface area (Å²) in [5.74, 6) is 0.982. The van der Waals surface area contributed by atoms with E-state index in [0.717, 1.165) is 41.9 Å². The minimum Gasteiger partial charge on any atom is -0.495 e. The molecule has 1 aromatic heterocycles. The van der Waals surface area contributed by atoms with Crippen LogP contribution in [-0.2, 0) is 10.2 Å². The fraction of sp³-hybridized carbons (Fsp3) is 0.345. The number of aromatic nitrogens is 2. The molecular formula is C29H32FN5O2. The van der Waals surface area contributed by atoms with Crippen molar-refractivity contribution in [3.63, 3.8) is 0 Å². The maximum absolute atomic E-state index is 13.6. The lowest BCUT2D eigenvalue weighted by Gasteiger charge is -2.45. The Morgan fingerprint density at radius 2 is 1.95 bits per heavy atom. The summed E-state index contributed by atoms with van der Waals surface area (Å²) >= 11 is 0. The second-order valence-corrected chi connectivity index (χ2v) is 10.0. The van der Waals surface area contributed by atoms with Crippen LogP contribution in [0.15, 0.2) is 65.7 Å². The number of aryl methyl sites for hydroxylation is 1. The van der Waals surface area contributed by atoms with Crippen molar-refractivity contribution in [2.75, 3.05) is 26.7 Å². The maximum Gasteiger partial charge on any atom is 0.279 e. The van der Waals surface area contributed by atoms with Crippen LogP contribution in [0.1, 0.15) is 43.5 Å². The van der Waals surface area contributed by atoms with E-state index in [0.29, 0.717) is 30.5 Å². The van der Waals surface area contributed by atoms with Crippen LogP contribution >= 0.6 is 0 Å². The lowest BCUT2D eigenvalue weighted by atomic mass is 9.80. The molecule has 5 rings (SSSR count). The first-order chi connectivity index (χ1) is 17.8. The van der Waals surface area contributed by atoms with Gasteiger partial charge in [-0.3, -0.25) is 9.69 Å². The molecule has 3 heterocycles. The summed E-state index contributed by atoms with van der Waals surface area (Å²) in [6.45, 7) is 8.21. The summed E-state index contributed by atoms with van der Waals surface area (Å²) < 4.78 is 21.2. The minimum absolute atomic E-state index is 0.127. The Bertz CT molecular complexity index is 1380. The van der Waals surface area contributed by atoms with Crippen LogP contribution in [0.5, 0.6) is 5.75 Å². The van der Waals surface area contributed by atoms with Gasteiger partial charge in [0.15, 0.2) is 0 Å². The fourth-order valence-corrected chi connectivity index (χ4v) is 5.08. The number of amides is 1. The number of carbonyl (C=O) groups is 1. The molecule has 1 atom stereocenters. The van der Waals surface area contributed by atoms with Crippen molar-refractivity contribution >= 4 is 17.9 Å². The second-order valence-electron chi connectivity index (χ2n) is 10.0. The highest BCUT2D eigenvalue weighted by Gasteiger charge is 2.45. The third-order valence-electron chi connectivity index (χ3n) is 7.08. The van der Waals surface area contributed by atoms with Gasteiger partial charge in [-0.15, -0.1) is 0 Å². The van der Waals surface area contributed by atoms with E-state index >= 15 is 0 Å². The first-order valence-electron chi connectivity index (χ1n) is 12.6. The maximum atomic E-state index is 13.6. The van der Waals surface area contributed by atoms with Crippen molar-refractivity contribution in [2.24, 2.45) is 4.99 Å². The van der Waals surface area contributed by atoms with Crippen LogP contribution in [0.3, 0.4) is 0 Å². The average molecular weight is 502 g/mol. The quantitative estimate of drug-likeness (QED) is 0.430. The van der Waals surface area contributed by atoms with Crippen molar-refractivity contribution in [2.45, 2.75) is 39.0 Å². The number of imidazole rings is 1. The number of methoxy groups -OCH3 is 1. The molecule has 0 saturated carbocycles. The minimum atomic E-state index is -0.348. The summed E-state index contributed by atoms with van der Waals surface area (Å²) in [6, 6.07) is 12.4. The molecule has 1 saturated heterocycles. The van der Waals surface area contributed by atoms with Crippen molar-refractivity contribution in [1.29, 1.82) is 0 Å². The largest absolute Gasteiger partial charge is 0.495 e. The molecule has 37 heavy (non-hydrogen) atoms. The highest BCUT2D eigenvalue weighted by Crippen LogP contribution is 2.35. The van der Waals surface area contributed by atoms with Gasteiger partial charge in [-0.25, -0.2) is 14.4 Å².